The van der Waals surface area contributed by atoms with Crippen LogP contribution in [0.3, 0.4) is 0 Å². The molecule has 0 amide bonds. The summed E-state index contributed by atoms with van der Waals surface area (Å²) in [6.45, 7) is 9.43. The maximum absolute atomic E-state index is 5.62. The third kappa shape index (κ3) is 5.83. The molecule has 0 spiro atoms. The minimum atomic E-state index is 0.331. The Morgan fingerprint density at radius 3 is 2.59 bits per heavy atom. The summed E-state index contributed by atoms with van der Waals surface area (Å²) in [5.41, 5.74) is 4.32. The van der Waals surface area contributed by atoms with Crippen LogP contribution in [0, 0.1) is 0 Å². The molecular formula is C25H35N7O2. The molecule has 3 aromatic rings. The van der Waals surface area contributed by atoms with Gasteiger partial charge < -0.3 is 19.7 Å². The number of hydrogen-bond acceptors (Lipinski definition) is 8. The Kier molecular flexibility index (Phi) is 8.30. The van der Waals surface area contributed by atoms with Crippen LogP contribution in [-0.4, -0.2) is 57.6 Å². The molecule has 0 aliphatic carbocycles. The number of nitrogens with one attached hydrogen (secondary N) is 2. The predicted molar refractivity (Wildman–Crippen MR) is 133 cm³/mol. The van der Waals surface area contributed by atoms with Crippen LogP contribution >= 0.6 is 0 Å². The van der Waals surface area contributed by atoms with Crippen LogP contribution in [0.25, 0.3) is 0 Å². The van der Waals surface area contributed by atoms with Gasteiger partial charge in [-0.3, -0.25) is 5.10 Å². The van der Waals surface area contributed by atoms with E-state index >= 15 is 0 Å². The van der Waals surface area contributed by atoms with Crippen molar-refractivity contribution in [2.24, 2.45) is 0 Å². The van der Waals surface area contributed by atoms with Crippen molar-refractivity contribution in [3.8, 4) is 6.01 Å². The van der Waals surface area contributed by atoms with E-state index < -0.39 is 0 Å². The average Bonchev–Trinajstić information content (AvgIpc) is 3.39. The Labute approximate surface area is 201 Å². The Morgan fingerprint density at radius 2 is 1.94 bits per heavy atom. The van der Waals surface area contributed by atoms with E-state index in [-0.39, 0.29) is 0 Å². The first-order chi connectivity index (χ1) is 16.7. The summed E-state index contributed by atoms with van der Waals surface area (Å²) >= 11 is 0. The lowest BCUT2D eigenvalue weighted by Crippen LogP contribution is -2.39. The summed E-state index contributed by atoms with van der Waals surface area (Å²) in [6, 6.07) is 7.60. The quantitative estimate of drug-likeness (QED) is 0.427. The van der Waals surface area contributed by atoms with Crippen LogP contribution in [-0.2, 0) is 11.2 Å². The third-order valence-electron chi connectivity index (χ3n) is 6.35. The molecule has 3 heterocycles. The Hall–Kier alpha value is -3.20. The molecule has 2 N–H and O–H groups in total. The molecule has 9 nitrogen and oxygen atoms in total. The number of rotatable bonds is 11. The van der Waals surface area contributed by atoms with Crippen molar-refractivity contribution in [2.45, 2.75) is 58.4 Å². The van der Waals surface area contributed by atoms with E-state index in [0.717, 1.165) is 62.6 Å². The lowest BCUT2D eigenvalue weighted by atomic mass is 9.91. The van der Waals surface area contributed by atoms with Gasteiger partial charge in [0.15, 0.2) is 0 Å². The van der Waals surface area contributed by atoms with E-state index in [1.54, 1.807) is 18.7 Å². The van der Waals surface area contributed by atoms with Crippen LogP contribution in [0.4, 0.5) is 17.1 Å². The molecule has 1 aliphatic rings. The molecule has 1 fully saturated rings. The maximum atomic E-state index is 5.62. The lowest BCUT2D eigenvalue weighted by molar-refractivity contribution is 0.0846. The summed E-state index contributed by atoms with van der Waals surface area (Å²) < 4.78 is 11.0. The molecule has 1 aromatic carbocycles. The number of aromatic nitrogens is 5. The SMILES string of the molecule is CCOc1ncc(Nc2cc(C(CC)Cc3ncn[nH]3)ccc2N(CC)C2CCOCC2)cn1. The molecule has 34 heavy (non-hydrogen) atoms. The van der Waals surface area contributed by atoms with Crippen LogP contribution in [0.15, 0.2) is 36.9 Å². The summed E-state index contributed by atoms with van der Waals surface area (Å²) in [6.07, 6.45) is 8.99. The van der Waals surface area contributed by atoms with E-state index in [1.165, 1.54) is 11.3 Å². The minimum Gasteiger partial charge on any atom is -0.464 e. The van der Waals surface area contributed by atoms with Crippen LogP contribution in [0.5, 0.6) is 6.01 Å². The fourth-order valence-electron chi connectivity index (χ4n) is 4.58. The van der Waals surface area contributed by atoms with E-state index in [2.05, 4.69) is 67.4 Å². The van der Waals surface area contributed by atoms with Gasteiger partial charge in [-0.05, 0) is 56.7 Å². The molecule has 1 saturated heterocycles. The molecule has 1 unspecified atom stereocenters. The second-order valence-corrected chi connectivity index (χ2v) is 8.46. The van der Waals surface area contributed by atoms with Gasteiger partial charge in [0.1, 0.15) is 12.2 Å². The summed E-state index contributed by atoms with van der Waals surface area (Å²) in [4.78, 5) is 15.5. The highest BCUT2D eigenvalue weighted by molar-refractivity contribution is 5.76. The zero-order valence-electron chi connectivity index (χ0n) is 20.3. The van der Waals surface area contributed by atoms with E-state index in [1.807, 2.05) is 6.92 Å². The third-order valence-corrected chi connectivity index (χ3v) is 6.35. The van der Waals surface area contributed by atoms with Crippen LogP contribution < -0.4 is 15.0 Å². The van der Waals surface area contributed by atoms with Crippen molar-refractivity contribution in [1.29, 1.82) is 0 Å². The molecule has 0 bridgehead atoms. The van der Waals surface area contributed by atoms with Crippen molar-refractivity contribution >= 4 is 17.1 Å². The first-order valence-electron chi connectivity index (χ1n) is 12.3. The van der Waals surface area contributed by atoms with Gasteiger partial charge in [0.2, 0.25) is 0 Å². The molecule has 182 valence electrons. The van der Waals surface area contributed by atoms with Gasteiger partial charge in [-0.2, -0.15) is 5.10 Å². The van der Waals surface area contributed by atoms with Gasteiger partial charge >= 0.3 is 6.01 Å². The number of H-pyrrole nitrogens is 1. The molecule has 1 atom stereocenters. The number of anilines is 3. The van der Waals surface area contributed by atoms with Gasteiger partial charge in [0.05, 0.1) is 36.1 Å². The van der Waals surface area contributed by atoms with Crippen LogP contribution in [0.2, 0.25) is 0 Å². The van der Waals surface area contributed by atoms with Crippen LogP contribution in [0.1, 0.15) is 57.3 Å². The van der Waals surface area contributed by atoms with Crippen molar-refractivity contribution in [2.75, 3.05) is 36.6 Å². The number of nitrogens with zero attached hydrogens (tertiary/aromatic N) is 5. The maximum Gasteiger partial charge on any atom is 0.316 e. The standard InChI is InChI=1S/C25H35N7O2/c1-4-18(14-24-28-17-29-31-24)19-7-8-23(32(5-2)21-9-11-33-12-10-21)22(13-19)30-20-15-26-25(27-16-20)34-6-3/h7-8,13,15-18,21,30H,4-6,9-12,14H2,1-3H3,(H,28,29,31). The highest BCUT2D eigenvalue weighted by atomic mass is 16.5. The van der Waals surface area contributed by atoms with Gasteiger partial charge in [-0.1, -0.05) is 13.0 Å². The van der Waals surface area contributed by atoms with E-state index in [9.17, 15) is 0 Å². The second-order valence-electron chi connectivity index (χ2n) is 8.46. The zero-order valence-corrected chi connectivity index (χ0v) is 20.3. The predicted octanol–water partition coefficient (Wildman–Crippen LogP) is 4.48. The molecule has 0 saturated carbocycles. The van der Waals surface area contributed by atoms with Crippen molar-refractivity contribution in [1.82, 2.24) is 25.1 Å². The summed E-state index contributed by atoms with van der Waals surface area (Å²) in [7, 11) is 0. The topological polar surface area (TPSA) is 101 Å². The Balaban J connectivity index is 1.66. The zero-order chi connectivity index (χ0) is 23.8. The minimum absolute atomic E-state index is 0.331. The highest BCUT2D eigenvalue weighted by Gasteiger charge is 2.24. The molecule has 1 aliphatic heterocycles. The van der Waals surface area contributed by atoms with Gasteiger partial charge in [-0.15, -0.1) is 0 Å². The monoisotopic (exact) mass is 465 g/mol. The first kappa shape index (κ1) is 23.9. The van der Waals surface area contributed by atoms with Gasteiger partial charge in [-0.25, -0.2) is 15.0 Å². The largest absolute Gasteiger partial charge is 0.464 e. The van der Waals surface area contributed by atoms with Crippen molar-refractivity contribution in [3.05, 3.63) is 48.3 Å². The van der Waals surface area contributed by atoms with E-state index in [4.69, 9.17) is 9.47 Å². The Bertz CT molecular complexity index is 1000. The lowest BCUT2D eigenvalue weighted by Gasteiger charge is -2.37. The number of hydrogen-bond donors (Lipinski definition) is 2. The normalized spacial score (nSPS) is 15.1. The first-order valence-corrected chi connectivity index (χ1v) is 12.3. The molecule has 4 rings (SSSR count). The molecule has 9 heteroatoms. The smallest absolute Gasteiger partial charge is 0.316 e. The highest BCUT2D eigenvalue weighted by Crippen LogP contribution is 2.36. The summed E-state index contributed by atoms with van der Waals surface area (Å²) in [5, 5.41) is 10.6. The molecule has 2 aromatic heterocycles. The van der Waals surface area contributed by atoms with Crippen molar-refractivity contribution in [3.63, 3.8) is 0 Å². The molecular weight excluding hydrogens is 430 g/mol. The van der Waals surface area contributed by atoms with Crippen molar-refractivity contribution < 1.29 is 9.47 Å². The molecule has 0 radical (unpaired) electrons. The average molecular weight is 466 g/mol. The fraction of sp³-hybridized carbons (Fsp3) is 0.520. The second kappa shape index (κ2) is 11.8. The fourth-order valence-corrected chi connectivity index (χ4v) is 4.58. The van der Waals surface area contributed by atoms with E-state index in [0.29, 0.717) is 24.6 Å². The number of benzene rings is 1. The van der Waals surface area contributed by atoms with Gasteiger partial charge in [0.25, 0.3) is 0 Å². The van der Waals surface area contributed by atoms with Gasteiger partial charge in [0, 0.05) is 32.2 Å². The number of ether oxygens (including phenoxy) is 2. The Morgan fingerprint density at radius 1 is 1.15 bits per heavy atom. The summed E-state index contributed by atoms with van der Waals surface area (Å²) in [5.74, 6) is 1.24. The number of aromatic amines is 1.